The maximum atomic E-state index is 12.6. The van der Waals surface area contributed by atoms with E-state index in [1.165, 1.54) is 0 Å². The molecule has 3 aromatic rings. The van der Waals surface area contributed by atoms with Gasteiger partial charge in [0.25, 0.3) is 0 Å². The molecule has 1 saturated heterocycles. The summed E-state index contributed by atoms with van der Waals surface area (Å²) < 4.78 is 12.7. The van der Waals surface area contributed by atoms with Gasteiger partial charge in [-0.2, -0.15) is 9.78 Å². The highest BCUT2D eigenvalue weighted by atomic mass is 16.5. The van der Waals surface area contributed by atoms with Gasteiger partial charge in [0, 0.05) is 31.0 Å². The molecule has 170 valence electrons. The zero-order chi connectivity index (χ0) is 22.8. The van der Waals surface area contributed by atoms with Crippen molar-refractivity contribution in [3.8, 4) is 11.6 Å². The highest BCUT2D eigenvalue weighted by molar-refractivity contribution is 5.95. The lowest BCUT2D eigenvalue weighted by atomic mass is 9.86. The number of ether oxygens (including phenoxy) is 2. The minimum absolute atomic E-state index is 0.0569. The number of aryl methyl sites for hydroxylation is 1. The van der Waals surface area contributed by atoms with Crippen molar-refractivity contribution >= 4 is 17.5 Å². The van der Waals surface area contributed by atoms with Crippen LogP contribution in [0, 0.1) is 6.92 Å². The number of amides is 1. The van der Waals surface area contributed by atoms with Gasteiger partial charge >= 0.3 is 0 Å². The lowest BCUT2D eigenvalue weighted by Crippen LogP contribution is -2.36. The van der Waals surface area contributed by atoms with Crippen LogP contribution in [0.15, 0.2) is 49.1 Å². The van der Waals surface area contributed by atoms with Gasteiger partial charge in [-0.1, -0.05) is 24.8 Å². The van der Waals surface area contributed by atoms with Crippen LogP contribution in [0.5, 0.6) is 5.75 Å². The molecule has 33 heavy (non-hydrogen) atoms. The Balaban J connectivity index is 1.45. The first-order valence-corrected chi connectivity index (χ1v) is 11.0. The van der Waals surface area contributed by atoms with Crippen molar-refractivity contribution in [1.82, 2.24) is 20.0 Å². The number of carbonyl (C=O) groups excluding carboxylic acids is 1. The smallest absolute Gasteiger partial charge is 0.226 e. The Morgan fingerprint density at radius 3 is 2.58 bits per heavy atom. The van der Waals surface area contributed by atoms with Gasteiger partial charge in [-0.15, -0.1) is 10.2 Å². The van der Waals surface area contributed by atoms with Crippen molar-refractivity contribution in [3.63, 3.8) is 0 Å². The Kier molecular flexibility index (Phi) is 5.78. The number of morpholine rings is 1. The summed E-state index contributed by atoms with van der Waals surface area (Å²) >= 11 is 0. The third-order valence-corrected chi connectivity index (χ3v) is 5.94. The number of fused-ring (bicyclic) bond motifs is 1. The van der Waals surface area contributed by atoms with Crippen molar-refractivity contribution in [2.24, 2.45) is 0 Å². The highest BCUT2D eigenvalue weighted by Crippen LogP contribution is 2.40. The molecule has 0 radical (unpaired) electrons. The van der Waals surface area contributed by atoms with Crippen molar-refractivity contribution in [3.05, 3.63) is 65.9 Å². The van der Waals surface area contributed by atoms with Crippen molar-refractivity contribution in [1.29, 1.82) is 0 Å². The molecule has 2 aromatic heterocycles. The molecule has 0 bridgehead atoms. The van der Waals surface area contributed by atoms with Crippen LogP contribution < -0.4 is 15.0 Å². The number of benzene rings is 1. The zero-order valence-electron chi connectivity index (χ0n) is 18.5. The van der Waals surface area contributed by atoms with Gasteiger partial charge < -0.3 is 19.7 Å². The van der Waals surface area contributed by atoms with Crippen LogP contribution >= 0.6 is 0 Å². The van der Waals surface area contributed by atoms with Crippen LogP contribution in [0.1, 0.15) is 29.2 Å². The summed E-state index contributed by atoms with van der Waals surface area (Å²) in [5, 5.41) is 16.5. The fraction of sp³-hybridized carbons (Fsp3) is 0.333. The van der Waals surface area contributed by atoms with Crippen LogP contribution in [0.4, 0.5) is 11.6 Å². The second kappa shape index (κ2) is 9.03. The van der Waals surface area contributed by atoms with E-state index in [1.807, 2.05) is 43.3 Å². The monoisotopic (exact) mass is 446 g/mol. The molecule has 0 aliphatic carbocycles. The Bertz CT molecular complexity index is 1150. The van der Waals surface area contributed by atoms with E-state index in [9.17, 15) is 4.79 Å². The van der Waals surface area contributed by atoms with Gasteiger partial charge in [0.15, 0.2) is 11.6 Å². The SMILES string of the molecule is C=CCOc1ccc(C2CC(=O)Nc3c2c(C)nn3-c2ccc(N3CCOCC3)nn2)cc1. The normalized spacial score (nSPS) is 17.9. The number of carbonyl (C=O) groups is 1. The molecule has 1 atom stereocenters. The molecular weight excluding hydrogens is 420 g/mol. The average molecular weight is 447 g/mol. The van der Waals surface area contributed by atoms with Crippen molar-refractivity contribution in [2.45, 2.75) is 19.3 Å². The van der Waals surface area contributed by atoms with E-state index >= 15 is 0 Å². The molecule has 5 rings (SSSR count). The van der Waals surface area contributed by atoms with E-state index in [1.54, 1.807) is 10.8 Å². The lowest BCUT2D eigenvalue weighted by molar-refractivity contribution is -0.116. The van der Waals surface area contributed by atoms with Gasteiger partial charge in [-0.3, -0.25) is 4.79 Å². The fourth-order valence-corrected chi connectivity index (χ4v) is 4.34. The molecule has 1 aromatic carbocycles. The molecule has 0 saturated carbocycles. The number of rotatable bonds is 6. The first-order valence-electron chi connectivity index (χ1n) is 11.0. The zero-order valence-corrected chi connectivity index (χ0v) is 18.5. The summed E-state index contributed by atoms with van der Waals surface area (Å²) in [4.78, 5) is 14.8. The molecule has 9 heteroatoms. The van der Waals surface area contributed by atoms with E-state index in [2.05, 4.69) is 27.0 Å². The molecule has 1 unspecified atom stereocenters. The molecule has 4 heterocycles. The quantitative estimate of drug-likeness (QED) is 0.582. The number of nitrogens with one attached hydrogen (secondary N) is 1. The van der Waals surface area contributed by atoms with Crippen molar-refractivity contribution in [2.75, 3.05) is 43.1 Å². The number of hydrogen-bond acceptors (Lipinski definition) is 7. The minimum Gasteiger partial charge on any atom is -0.490 e. The largest absolute Gasteiger partial charge is 0.490 e. The molecule has 1 fully saturated rings. The second-order valence-electron chi connectivity index (χ2n) is 8.08. The fourth-order valence-electron chi connectivity index (χ4n) is 4.34. The third kappa shape index (κ3) is 4.19. The van der Waals surface area contributed by atoms with Gasteiger partial charge in [0.2, 0.25) is 5.91 Å². The third-order valence-electron chi connectivity index (χ3n) is 5.94. The van der Waals surface area contributed by atoms with Gasteiger partial charge in [0.05, 0.1) is 18.9 Å². The first-order chi connectivity index (χ1) is 16.1. The summed E-state index contributed by atoms with van der Waals surface area (Å²) in [5.41, 5.74) is 2.88. The van der Waals surface area contributed by atoms with E-state index in [4.69, 9.17) is 14.6 Å². The molecule has 2 aliphatic heterocycles. The van der Waals surface area contributed by atoms with E-state index in [-0.39, 0.29) is 11.8 Å². The van der Waals surface area contributed by atoms with E-state index in [0.717, 1.165) is 41.5 Å². The number of nitrogens with zero attached hydrogens (tertiary/aromatic N) is 5. The topological polar surface area (TPSA) is 94.4 Å². The van der Waals surface area contributed by atoms with Crippen LogP contribution in [-0.4, -0.2) is 58.8 Å². The Labute approximate surface area is 192 Å². The predicted octanol–water partition coefficient (Wildman–Crippen LogP) is 2.85. The molecule has 1 amide bonds. The molecule has 9 nitrogen and oxygen atoms in total. The Morgan fingerprint density at radius 2 is 1.88 bits per heavy atom. The van der Waals surface area contributed by atoms with Crippen LogP contribution in [0.2, 0.25) is 0 Å². The molecule has 2 aliphatic rings. The van der Waals surface area contributed by atoms with E-state index < -0.39 is 0 Å². The number of anilines is 2. The lowest BCUT2D eigenvalue weighted by Gasteiger charge is -2.27. The van der Waals surface area contributed by atoms with Gasteiger partial charge in [-0.05, 0) is 36.8 Å². The second-order valence-corrected chi connectivity index (χ2v) is 8.08. The van der Waals surface area contributed by atoms with E-state index in [0.29, 0.717) is 37.9 Å². The minimum atomic E-state index is -0.100. The predicted molar refractivity (Wildman–Crippen MR) is 124 cm³/mol. The summed E-state index contributed by atoms with van der Waals surface area (Å²) in [6.07, 6.45) is 2.06. The maximum absolute atomic E-state index is 12.6. The number of aromatic nitrogens is 4. The summed E-state index contributed by atoms with van der Waals surface area (Å²) in [7, 11) is 0. The van der Waals surface area contributed by atoms with Gasteiger partial charge in [-0.25, -0.2) is 0 Å². The highest BCUT2D eigenvalue weighted by Gasteiger charge is 2.33. The Morgan fingerprint density at radius 1 is 1.15 bits per heavy atom. The van der Waals surface area contributed by atoms with Crippen LogP contribution in [0.3, 0.4) is 0 Å². The van der Waals surface area contributed by atoms with Crippen LogP contribution in [0.25, 0.3) is 5.82 Å². The molecule has 1 N–H and O–H groups in total. The standard InChI is InChI=1S/C24H26N6O3/c1-3-12-33-18-6-4-17(5-7-18)19-15-22(31)25-24-23(19)16(2)28-30(24)21-9-8-20(26-27-21)29-10-13-32-14-11-29/h3-9,19H,1,10-15H2,2H3,(H,25,31). The summed E-state index contributed by atoms with van der Waals surface area (Å²) in [6, 6.07) is 11.6. The average Bonchev–Trinajstić information content (AvgIpc) is 3.19. The van der Waals surface area contributed by atoms with Crippen molar-refractivity contribution < 1.29 is 14.3 Å². The molecular formula is C24H26N6O3. The summed E-state index contributed by atoms with van der Waals surface area (Å²) in [5.74, 6) is 2.62. The van der Waals surface area contributed by atoms with Gasteiger partial charge in [0.1, 0.15) is 18.2 Å². The summed E-state index contributed by atoms with van der Waals surface area (Å²) in [6.45, 7) is 9.03. The molecule has 0 spiro atoms. The maximum Gasteiger partial charge on any atom is 0.226 e. The van der Waals surface area contributed by atoms with Crippen LogP contribution in [-0.2, 0) is 9.53 Å². The number of hydrogen-bond donors (Lipinski definition) is 1. The Hall–Kier alpha value is -3.72. The first kappa shape index (κ1) is 21.1.